The predicted octanol–water partition coefficient (Wildman–Crippen LogP) is 7.51. The highest BCUT2D eigenvalue weighted by Crippen LogP contribution is 2.33. The summed E-state index contributed by atoms with van der Waals surface area (Å²) in [4.78, 5) is 80.6. The molecule has 4 aliphatic heterocycles. The molecule has 13 nitrogen and oxygen atoms in total. The van der Waals surface area contributed by atoms with E-state index in [1.165, 1.54) is 6.42 Å². The molecule has 0 N–H and O–H groups in total. The van der Waals surface area contributed by atoms with Crippen LogP contribution in [0.15, 0.2) is 52.9 Å². The fourth-order valence-electron chi connectivity index (χ4n) is 8.86. The largest absolute Gasteiger partial charge is 0.393 e. The van der Waals surface area contributed by atoms with Gasteiger partial charge in [0.25, 0.3) is 11.8 Å². The Kier molecular flexibility index (Phi) is 15.7. The summed E-state index contributed by atoms with van der Waals surface area (Å²) in [5.74, 6) is 2.70. The number of carbonyl (C=O) groups is 4. The van der Waals surface area contributed by atoms with Gasteiger partial charge >= 0.3 is 11.9 Å². The van der Waals surface area contributed by atoms with Gasteiger partial charge in [-0.15, -0.1) is 23.5 Å². The summed E-state index contributed by atoms with van der Waals surface area (Å²) < 4.78 is 5.45. The summed E-state index contributed by atoms with van der Waals surface area (Å²) in [6.07, 6.45) is 15.1. The molecule has 1 unspecified atom stereocenters. The van der Waals surface area contributed by atoms with E-state index in [2.05, 4.69) is 33.6 Å². The van der Waals surface area contributed by atoms with E-state index in [4.69, 9.17) is 14.7 Å². The Morgan fingerprint density at radius 3 is 1.75 bits per heavy atom. The second kappa shape index (κ2) is 21.5. The minimum Gasteiger partial charge on any atom is -0.393 e. The van der Waals surface area contributed by atoms with Gasteiger partial charge in [0.15, 0.2) is 0 Å². The number of aromatic nitrogens is 4. The van der Waals surface area contributed by atoms with Gasteiger partial charge in [0.1, 0.15) is 21.7 Å². The first-order valence-corrected chi connectivity index (χ1v) is 24.1. The van der Waals surface area contributed by atoms with Gasteiger partial charge in [-0.25, -0.2) is 9.97 Å². The Balaban J connectivity index is 0.913. The lowest BCUT2D eigenvalue weighted by atomic mass is 9.94. The third-order valence-electron chi connectivity index (χ3n) is 12.0. The van der Waals surface area contributed by atoms with Gasteiger partial charge in [0.05, 0.1) is 29.7 Å². The summed E-state index contributed by atoms with van der Waals surface area (Å²) in [6, 6.07) is 7.73. The topological polar surface area (TPSA) is 142 Å². The van der Waals surface area contributed by atoms with Gasteiger partial charge in [-0.3, -0.25) is 29.1 Å². The van der Waals surface area contributed by atoms with Crippen LogP contribution in [-0.4, -0.2) is 117 Å². The molecule has 0 aliphatic carbocycles. The van der Waals surface area contributed by atoms with Gasteiger partial charge in [0.2, 0.25) is 0 Å². The molecule has 0 aromatic carbocycles. The van der Waals surface area contributed by atoms with Gasteiger partial charge in [-0.1, -0.05) is 13.8 Å². The van der Waals surface area contributed by atoms with Crippen LogP contribution in [0, 0.1) is 11.8 Å². The number of likely N-dealkylation sites (tertiary alicyclic amines) is 2. The van der Waals surface area contributed by atoms with Crippen LogP contribution >= 0.6 is 23.5 Å². The highest BCUT2D eigenvalue weighted by Gasteiger charge is 2.32. The van der Waals surface area contributed by atoms with Crippen molar-refractivity contribution in [1.82, 2.24) is 29.7 Å². The molecule has 322 valence electrons. The molecule has 2 amide bonds. The number of pyridine rings is 2. The average molecular weight is 857 g/mol. The molecular weight excluding hydrogens is 797 g/mol. The molecule has 0 saturated carbocycles. The number of piperidine rings is 3. The number of hydrogen-bond donors (Lipinski definition) is 0. The summed E-state index contributed by atoms with van der Waals surface area (Å²) in [5.41, 5.74) is 2.22. The van der Waals surface area contributed by atoms with Crippen LogP contribution in [0.1, 0.15) is 123 Å². The first-order valence-electron chi connectivity index (χ1n) is 22.1. The molecule has 3 atom stereocenters. The monoisotopic (exact) mass is 856 g/mol. The second-order valence-corrected chi connectivity index (χ2v) is 18.8. The number of rotatable bonds is 15. The quantitative estimate of drug-likeness (QED) is 0.0847. The van der Waals surface area contributed by atoms with E-state index in [1.54, 1.807) is 42.1 Å². The van der Waals surface area contributed by atoms with E-state index in [9.17, 15) is 19.2 Å². The zero-order chi connectivity index (χ0) is 41.8. The molecular formula is C45H60N8O5S2. The van der Waals surface area contributed by atoms with E-state index in [-0.39, 0.29) is 42.4 Å². The van der Waals surface area contributed by atoms with Crippen LogP contribution in [-0.2, 0) is 14.3 Å². The van der Waals surface area contributed by atoms with Crippen LogP contribution in [0.2, 0.25) is 0 Å². The smallest absolute Gasteiger partial charge is 0.313 e. The number of esters is 2. The van der Waals surface area contributed by atoms with Gasteiger partial charge in [-0.05, 0) is 112 Å². The van der Waals surface area contributed by atoms with E-state index in [1.807, 2.05) is 34.1 Å². The third kappa shape index (κ3) is 11.4. The van der Waals surface area contributed by atoms with Crippen molar-refractivity contribution in [1.29, 1.82) is 0 Å². The van der Waals surface area contributed by atoms with Gasteiger partial charge in [0, 0.05) is 76.9 Å². The van der Waals surface area contributed by atoms with Crippen molar-refractivity contribution in [2.45, 2.75) is 107 Å². The van der Waals surface area contributed by atoms with Crippen molar-refractivity contribution >= 4 is 58.9 Å². The number of thioether (sulfide) groups is 2. The van der Waals surface area contributed by atoms with E-state index >= 15 is 0 Å². The minimum atomic E-state index is -0.480. The molecule has 0 spiro atoms. The highest BCUT2D eigenvalue weighted by atomic mass is 32.2. The van der Waals surface area contributed by atoms with Gasteiger partial charge in [-0.2, -0.15) is 0 Å². The second-order valence-electron chi connectivity index (χ2n) is 16.6. The first kappa shape index (κ1) is 43.8. The molecule has 0 radical (unpaired) electrons. The fourth-order valence-corrected chi connectivity index (χ4v) is 10.6. The maximum absolute atomic E-state index is 13.8. The maximum atomic E-state index is 13.8. The molecule has 15 heteroatoms. The minimum absolute atomic E-state index is 0.00820. The molecule has 0 bridgehead atoms. The zero-order valence-electron chi connectivity index (χ0n) is 35.3. The Labute approximate surface area is 363 Å². The molecule has 60 heavy (non-hydrogen) atoms. The van der Waals surface area contributed by atoms with Crippen LogP contribution < -0.4 is 9.80 Å². The maximum Gasteiger partial charge on any atom is 0.313 e. The normalized spacial score (nSPS) is 20.9. The standard InChI is InChI=1S/C45H60N8O5S2/c1-3-24-59-42-35(44(56)50-19-6-5-7-20-50)12-14-38(48-42)51-21-8-10-32(29-51)26-40(54)58-41(55)27-33-11-9-22-52(30-33)39-15-13-36(43(49-39)60-25-4-2)45(57)53-23-16-34(31-53)37-28-46-17-18-47-37/h12-15,17-18,28,32-34H,3-11,16,19-27,29-31H2,1-2H3/t32-,33-,34?/m0/s1. The highest BCUT2D eigenvalue weighted by molar-refractivity contribution is 7.99. The number of amides is 2. The van der Waals surface area contributed by atoms with Crippen LogP contribution in [0.25, 0.3) is 0 Å². The zero-order valence-corrected chi connectivity index (χ0v) is 36.9. The number of anilines is 2. The van der Waals surface area contributed by atoms with Gasteiger partial charge < -0.3 is 24.3 Å². The van der Waals surface area contributed by atoms with Crippen molar-refractivity contribution in [3.05, 3.63) is 59.7 Å². The Morgan fingerprint density at radius 1 is 0.650 bits per heavy atom. The molecule has 4 saturated heterocycles. The number of nitrogens with zero attached hydrogens (tertiary/aromatic N) is 8. The SMILES string of the molecule is CCCSc1nc(N2CCC[C@@H](CC(=O)OC(=O)C[C@@H]3CCCN(c4ccc(C(=O)N5CCC(c6cnccn6)C5)c(SCCC)n4)C3)C2)ccc1C(=O)N1CCCCC1. The van der Waals surface area contributed by atoms with Crippen LogP contribution in [0.4, 0.5) is 11.6 Å². The fraction of sp³-hybridized carbons (Fsp3) is 0.600. The van der Waals surface area contributed by atoms with E-state index < -0.39 is 11.9 Å². The van der Waals surface area contributed by atoms with Crippen molar-refractivity contribution in [3.8, 4) is 0 Å². The van der Waals surface area contributed by atoms with Crippen LogP contribution in [0.3, 0.4) is 0 Å². The molecule has 7 heterocycles. The van der Waals surface area contributed by atoms with Crippen molar-refractivity contribution in [2.75, 3.05) is 73.7 Å². The summed E-state index contributed by atoms with van der Waals surface area (Å²) in [7, 11) is 0. The third-order valence-corrected chi connectivity index (χ3v) is 14.4. The number of carbonyl (C=O) groups excluding carboxylic acids is 4. The van der Waals surface area contributed by atoms with E-state index in [0.717, 1.165) is 123 Å². The predicted molar refractivity (Wildman–Crippen MR) is 236 cm³/mol. The summed E-state index contributed by atoms with van der Waals surface area (Å²) in [5, 5.41) is 1.52. The summed E-state index contributed by atoms with van der Waals surface area (Å²) in [6.45, 7) is 10.0. The van der Waals surface area contributed by atoms with Crippen molar-refractivity contribution in [3.63, 3.8) is 0 Å². The Bertz CT molecular complexity index is 1950. The lowest BCUT2D eigenvalue weighted by Crippen LogP contribution is -2.38. The molecule has 3 aromatic heterocycles. The molecule has 4 aliphatic rings. The first-order chi connectivity index (χ1) is 29.3. The number of ether oxygens (including phenoxy) is 1. The summed E-state index contributed by atoms with van der Waals surface area (Å²) >= 11 is 3.25. The number of hydrogen-bond acceptors (Lipinski definition) is 13. The lowest BCUT2D eigenvalue weighted by Gasteiger charge is -2.34. The molecule has 3 aromatic rings. The molecule has 7 rings (SSSR count). The average Bonchev–Trinajstić information content (AvgIpc) is 3.78. The van der Waals surface area contributed by atoms with Crippen molar-refractivity contribution < 1.29 is 23.9 Å². The Morgan fingerprint density at radius 2 is 1.22 bits per heavy atom. The van der Waals surface area contributed by atoms with Crippen LogP contribution in [0.5, 0.6) is 0 Å². The molecule has 4 fully saturated rings. The Hall–Kier alpha value is -4.24. The van der Waals surface area contributed by atoms with Crippen molar-refractivity contribution in [2.24, 2.45) is 11.8 Å². The lowest BCUT2D eigenvalue weighted by molar-refractivity contribution is -0.161. The van der Waals surface area contributed by atoms with E-state index in [0.29, 0.717) is 37.3 Å².